The van der Waals surface area contributed by atoms with Gasteiger partial charge in [-0.1, -0.05) is 12.1 Å². The van der Waals surface area contributed by atoms with Crippen molar-refractivity contribution in [3.8, 4) is 5.75 Å². The monoisotopic (exact) mass is 239 g/mol. The number of thioether (sulfide) groups is 1. The van der Waals surface area contributed by atoms with Crippen LogP contribution < -0.4 is 10.1 Å². The van der Waals surface area contributed by atoms with Crippen molar-refractivity contribution in [2.45, 2.75) is 19.9 Å². The minimum atomic E-state index is 0.324. The van der Waals surface area contributed by atoms with E-state index in [4.69, 9.17) is 4.74 Å². The summed E-state index contributed by atoms with van der Waals surface area (Å²) in [6, 6.07) is 6.71. The Bertz CT molecular complexity index is 328. The van der Waals surface area contributed by atoms with Gasteiger partial charge in [-0.05, 0) is 38.8 Å². The third-order valence-electron chi connectivity index (χ3n) is 2.61. The second-order valence-electron chi connectivity index (χ2n) is 3.89. The van der Waals surface area contributed by atoms with Gasteiger partial charge < -0.3 is 10.1 Å². The van der Waals surface area contributed by atoms with Gasteiger partial charge in [0, 0.05) is 17.4 Å². The van der Waals surface area contributed by atoms with Gasteiger partial charge in [0.2, 0.25) is 0 Å². The van der Waals surface area contributed by atoms with Crippen LogP contribution in [0.5, 0.6) is 5.75 Å². The molecule has 0 bridgehead atoms. The molecule has 0 saturated carbocycles. The van der Waals surface area contributed by atoms with E-state index in [1.54, 1.807) is 11.8 Å². The van der Waals surface area contributed by atoms with Crippen molar-refractivity contribution >= 4 is 11.8 Å². The number of aryl methyl sites for hydroxylation is 1. The third kappa shape index (κ3) is 3.72. The SMILES string of the molecule is CNC(C)c1ccc(C)cc1OCCSC. The highest BCUT2D eigenvalue weighted by molar-refractivity contribution is 7.98. The van der Waals surface area contributed by atoms with E-state index in [9.17, 15) is 0 Å². The van der Waals surface area contributed by atoms with E-state index in [0.29, 0.717) is 6.04 Å². The Hall–Kier alpha value is -0.670. The van der Waals surface area contributed by atoms with Crippen LogP contribution >= 0.6 is 11.8 Å². The first-order valence-corrected chi connectivity index (χ1v) is 6.98. The van der Waals surface area contributed by atoms with Crippen LogP contribution in [0.2, 0.25) is 0 Å². The maximum atomic E-state index is 5.82. The van der Waals surface area contributed by atoms with Crippen LogP contribution in [-0.2, 0) is 0 Å². The molecule has 0 heterocycles. The molecule has 1 aromatic rings. The Morgan fingerprint density at radius 3 is 2.81 bits per heavy atom. The van der Waals surface area contributed by atoms with Gasteiger partial charge in [-0.2, -0.15) is 11.8 Å². The van der Waals surface area contributed by atoms with Crippen LogP contribution in [0.15, 0.2) is 18.2 Å². The summed E-state index contributed by atoms with van der Waals surface area (Å²) >= 11 is 1.80. The van der Waals surface area contributed by atoms with Crippen LogP contribution in [0.3, 0.4) is 0 Å². The highest BCUT2D eigenvalue weighted by atomic mass is 32.2. The average Bonchev–Trinajstić information content (AvgIpc) is 2.29. The zero-order valence-corrected chi connectivity index (χ0v) is 11.4. The summed E-state index contributed by atoms with van der Waals surface area (Å²) in [5, 5.41) is 3.25. The molecule has 16 heavy (non-hydrogen) atoms. The maximum absolute atomic E-state index is 5.82. The molecule has 0 radical (unpaired) electrons. The summed E-state index contributed by atoms with van der Waals surface area (Å²) in [7, 11) is 1.97. The first kappa shape index (κ1) is 13.4. The van der Waals surface area contributed by atoms with Crippen molar-refractivity contribution in [3.63, 3.8) is 0 Å². The molecule has 0 aliphatic heterocycles. The molecule has 3 heteroatoms. The molecular formula is C13H21NOS. The molecule has 0 aromatic heterocycles. The number of benzene rings is 1. The Kier molecular flexibility index (Phi) is 5.71. The topological polar surface area (TPSA) is 21.3 Å². The molecule has 0 aliphatic rings. The molecule has 0 amide bonds. The second-order valence-corrected chi connectivity index (χ2v) is 4.88. The normalized spacial score (nSPS) is 12.5. The quantitative estimate of drug-likeness (QED) is 0.771. The van der Waals surface area contributed by atoms with Crippen molar-refractivity contribution in [3.05, 3.63) is 29.3 Å². The van der Waals surface area contributed by atoms with E-state index in [-0.39, 0.29) is 0 Å². The van der Waals surface area contributed by atoms with Gasteiger partial charge >= 0.3 is 0 Å². The van der Waals surface area contributed by atoms with Gasteiger partial charge in [0.1, 0.15) is 5.75 Å². The number of rotatable bonds is 6. The average molecular weight is 239 g/mol. The second kappa shape index (κ2) is 6.81. The highest BCUT2D eigenvalue weighted by Crippen LogP contribution is 2.26. The molecule has 1 N–H and O–H groups in total. The molecule has 1 rings (SSSR count). The largest absolute Gasteiger partial charge is 0.492 e. The van der Waals surface area contributed by atoms with Crippen molar-refractivity contribution < 1.29 is 4.74 Å². The summed E-state index contributed by atoms with van der Waals surface area (Å²) in [4.78, 5) is 0. The van der Waals surface area contributed by atoms with Crippen LogP contribution in [0.25, 0.3) is 0 Å². The van der Waals surface area contributed by atoms with Crippen LogP contribution in [0.4, 0.5) is 0 Å². The van der Waals surface area contributed by atoms with E-state index in [1.807, 2.05) is 7.05 Å². The zero-order chi connectivity index (χ0) is 12.0. The molecule has 2 nitrogen and oxygen atoms in total. The molecule has 1 aromatic carbocycles. The standard InChI is InChI=1S/C13H21NOS/c1-10-5-6-12(11(2)14-3)13(9-10)15-7-8-16-4/h5-6,9,11,14H,7-8H2,1-4H3. The number of hydrogen-bond acceptors (Lipinski definition) is 3. The Morgan fingerprint density at radius 1 is 1.44 bits per heavy atom. The van der Waals surface area contributed by atoms with E-state index < -0.39 is 0 Å². The molecule has 0 saturated heterocycles. The molecule has 1 unspecified atom stereocenters. The van der Waals surface area contributed by atoms with Gasteiger partial charge in [0.25, 0.3) is 0 Å². The summed E-state index contributed by atoms with van der Waals surface area (Å²) in [5.41, 5.74) is 2.47. The van der Waals surface area contributed by atoms with E-state index in [2.05, 4.69) is 43.6 Å². The zero-order valence-electron chi connectivity index (χ0n) is 10.5. The molecule has 0 spiro atoms. The van der Waals surface area contributed by atoms with Gasteiger partial charge in [-0.3, -0.25) is 0 Å². The lowest BCUT2D eigenvalue weighted by molar-refractivity contribution is 0.336. The smallest absolute Gasteiger partial charge is 0.124 e. The van der Waals surface area contributed by atoms with E-state index in [0.717, 1.165) is 18.1 Å². The van der Waals surface area contributed by atoms with Crippen LogP contribution in [-0.4, -0.2) is 25.7 Å². The van der Waals surface area contributed by atoms with Crippen LogP contribution in [0, 0.1) is 6.92 Å². The maximum Gasteiger partial charge on any atom is 0.124 e. The Balaban J connectivity index is 2.81. The molecule has 90 valence electrons. The summed E-state index contributed by atoms with van der Waals surface area (Å²) in [6.07, 6.45) is 2.09. The summed E-state index contributed by atoms with van der Waals surface area (Å²) in [5.74, 6) is 2.04. The summed E-state index contributed by atoms with van der Waals surface area (Å²) in [6.45, 7) is 5.01. The van der Waals surface area contributed by atoms with E-state index >= 15 is 0 Å². The predicted octanol–water partition coefficient (Wildman–Crippen LogP) is 3.02. The minimum Gasteiger partial charge on any atom is -0.492 e. The van der Waals surface area contributed by atoms with Crippen LogP contribution in [0.1, 0.15) is 24.1 Å². The van der Waals surface area contributed by atoms with Crippen molar-refractivity contribution in [2.24, 2.45) is 0 Å². The third-order valence-corrected chi connectivity index (χ3v) is 3.19. The molecule has 0 aliphatic carbocycles. The Morgan fingerprint density at radius 2 is 2.19 bits per heavy atom. The molecule has 0 fully saturated rings. The first-order valence-electron chi connectivity index (χ1n) is 5.58. The predicted molar refractivity (Wildman–Crippen MR) is 72.5 cm³/mol. The lowest BCUT2D eigenvalue weighted by Crippen LogP contribution is -2.14. The summed E-state index contributed by atoms with van der Waals surface area (Å²) < 4.78 is 5.82. The molecule has 1 atom stereocenters. The molecular weight excluding hydrogens is 218 g/mol. The first-order chi connectivity index (χ1) is 7.69. The van der Waals surface area contributed by atoms with Crippen molar-refractivity contribution in [2.75, 3.05) is 25.7 Å². The lowest BCUT2D eigenvalue weighted by Gasteiger charge is -2.17. The van der Waals surface area contributed by atoms with Gasteiger partial charge in [0.05, 0.1) is 6.61 Å². The number of nitrogens with one attached hydrogen (secondary N) is 1. The van der Waals surface area contributed by atoms with Gasteiger partial charge in [-0.15, -0.1) is 0 Å². The number of ether oxygens (including phenoxy) is 1. The van der Waals surface area contributed by atoms with Crippen molar-refractivity contribution in [1.82, 2.24) is 5.32 Å². The fourth-order valence-corrected chi connectivity index (χ4v) is 1.76. The lowest BCUT2D eigenvalue weighted by atomic mass is 10.1. The van der Waals surface area contributed by atoms with Gasteiger partial charge in [-0.25, -0.2) is 0 Å². The fourth-order valence-electron chi connectivity index (χ4n) is 1.51. The highest BCUT2D eigenvalue weighted by Gasteiger charge is 2.09. The van der Waals surface area contributed by atoms with Gasteiger partial charge in [0.15, 0.2) is 0 Å². The number of hydrogen-bond donors (Lipinski definition) is 1. The fraction of sp³-hybridized carbons (Fsp3) is 0.538. The van der Waals surface area contributed by atoms with Crippen molar-refractivity contribution in [1.29, 1.82) is 0 Å². The Labute approximate surface area is 103 Å². The van der Waals surface area contributed by atoms with E-state index in [1.165, 1.54) is 11.1 Å². The minimum absolute atomic E-state index is 0.324.